The first-order valence-corrected chi connectivity index (χ1v) is 7.33. The molecule has 0 aromatic carbocycles. The van der Waals surface area contributed by atoms with Crippen molar-refractivity contribution in [2.75, 3.05) is 20.3 Å². The third kappa shape index (κ3) is 3.20. The fraction of sp³-hybridized carbons (Fsp3) is 0.733. The number of carboxylic acids is 1. The van der Waals surface area contributed by atoms with Crippen molar-refractivity contribution in [3.8, 4) is 0 Å². The number of aliphatic carboxylic acids is 1. The molecule has 2 N–H and O–H groups in total. The van der Waals surface area contributed by atoms with Gasteiger partial charge in [-0.2, -0.15) is 0 Å². The van der Waals surface area contributed by atoms with E-state index in [2.05, 4.69) is 5.32 Å². The molecule has 5 nitrogen and oxygen atoms in total. The van der Waals surface area contributed by atoms with Crippen molar-refractivity contribution in [2.24, 2.45) is 23.7 Å². The molecule has 0 spiro atoms. The number of rotatable bonds is 8. The minimum atomic E-state index is -0.845. The maximum Gasteiger partial charge on any atom is 0.307 e. The Hall–Kier alpha value is -1.36. The Bertz CT molecular complexity index is 393. The standard InChI is InChI=1S/C15H23NO4/c1-20-8-4-2-3-7-16-14(17)12-10-5-6-11(9-10)13(12)15(18)19/h5-6,10-13H,2-4,7-9H2,1H3,(H,16,17)(H,18,19). The molecule has 2 bridgehead atoms. The third-order valence-electron chi connectivity index (χ3n) is 4.37. The van der Waals surface area contributed by atoms with Gasteiger partial charge in [-0.15, -0.1) is 0 Å². The summed E-state index contributed by atoms with van der Waals surface area (Å²) in [6.45, 7) is 1.36. The number of amides is 1. The molecule has 0 saturated heterocycles. The first-order valence-electron chi connectivity index (χ1n) is 7.33. The Morgan fingerprint density at radius 2 is 1.90 bits per heavy atom. The summed E-state index contributed by atoms with van der Waals surface area (Å²) >= 11 is 0. The van der Waals surface area contributed by atoms with Crippen LogP contribution in [-0.2, 0) is 14.3 Å². The molecule has 5 heteroatoms. The topological polar surface area (TPSA) is 75.6 Å². The van der Waals surface area contributed by atoms with E-state index >= 15 is 0 Å². The fourth-order valence-electron chi connectivity index (χ4n) is 3.39. The van der Waals surface area contributed by atoms with Crippen LogP contribution in [0, 0.1) is 23.7 Å². The monoisotopic (exact) mass is 281 g/mol. The number of carbonyl (C=O) groups is 2. The Labute approximate surface area is 119 Å². The molecule has 1 amide bonds. The van der Waals surface area contributed by atoms with Gasteiger partial charge in [-0.05, 0) is 37.5 Å². The molecule has 112 valence electrons. The minimum Gasteiger partial charge on any atom is -0.481 e. The smallest absolute Gasteiger partial charge is 0.307 e. The van der Waals surface area contributed by atoms with E-state index in [0.717, 1.165) is 32.3 Å². The predicted octanol–water partition coefficient (Wildman–Crippen LogP) is 1.44. The SMILES string of the molecule is COCCCCCNC(=O)C1C2C=CC(C2)C1C(=O)O. The largest absolute Gasteiger partial charge is 0.481 e. The second-order valence-corrected chi connectivity index (χ2v) is 5.68. The molecule has 2 rings (SSSR count). The number of hydrogen-bond donors (Lipinski definition) is 2. The van der Waals surface area contributed by atoms with Crippen molar-refractivity contribution in [3.05, 3.63) is 12.2 Å². The lowest BCUT2D eigenvalue weighted by atomic mass is 9.82. The number of allylic oxidation sites excluding steroid dienone is 2. The van der Waals surface area contributed by atoms with Gasteiger partial charge in [0.15, 0.2) is 0 Å². The molecular formula is C15H23NO4. The van der Waals surface area contributed by atoms with E-state index in [1.165, 1.54) is 0 Å². The summed E-state index contributed by atoms with van der Waals surface area (Å²) in [5, 5.41) is 12.2. The Morgan fingerprint density at radius 1 is 1.20 bits per heavy atom. The zero-order chi connectivity index (χ0) is 14.5. The number of nitrogens with one attached hydrogen (secondary N) is 1. The van der Waals surface area contributed by atoms with E-state index in [0.29, 0.717) is 6.54 Å². The number of hydrogen-bond acceptors (Lipinski definition) is 3. The van der Waals surface area contributed by atoms with Crippen molar-refractivity contribution in [2.45, 2.75) is 25.7 Å². The van der Waals surface area contributed by atoms with Crippen LogP contribution < -0.4 is 5.32 Å². The van der Waals surface area contributed by atoms with Gasteiger partial charge in [0.25, 0.3) is 0 Å². The molecule has 2 aliphatic rings. The summed E-state index contributed by atoms with van der Waals surface area (Å²) in [4.78, 5) is 23.5. The molecule has 0 heterocycles. The van der Waals surface area contributed by atoms with Gasteiger partial charge in [0, 0.05) is 20.3 Å². The summed E-state index contributed by atoms with van der Waals surface area (Å²) in [7, 11) is 1.68. The summed E-state index contributed by atoms with van der Waals surface area (Å²) in [6.07, 6.45) is 7.67. The molecule has 1 fully saturated rings. The van der Waals surface area contributed by atoms with Crippen LogP contribution in [0.1, 0.15) is 25.7 Å². The van der Waals surface area contributed by atoms with Crippen LogP contribution in [-0.4, -0.2) is 37.2 Å². The van der Waals surface area contributed by atoms with Gasteiger partial charge in [-0.25, -0.2) is 0 Å². The predicted molar refractivity (Wildman–Crippen MR) is 74.1 cm³/mol. The number of unbranched alkanes of at least 4 members (excludes halogenated alkanes) is 2. The van der Waals surface area contributed by atoms with Crippen LogP contribution in [0.5, 0.6) is 0 Å². The van der Waals surface area contributed by atoms with Gasteiger partial charge < -0.3 is 15.2 Å². The van der Waals surface area contributed by atoms with Crippen LogP contribution in [0.4, 0.5) is 0 Å². The molecule has 0 aliphatic heterocycles. The lowest BCUT2D eigenvalue weighted by Crippen LogP contribution is -2.40. The van der Waals surface area contributed by atoms with Gasteiger partial charge in [0.05, 0.1) is 11.8 Å². The van der Waals surface area contributed by atoms with Crippen molar-refractivity contribution < 1.29 is 19.4 Å². The van der Waals surface area contributed by atoms with Crippen LogP contribution in [0.3, 0.4) is 0 Å². The zero-order valence-corrected chi connectivity index (χ0v) is 11.9. The highest BCUT2D eigenvalue weighted by molar-refractivity contribution is 5.86. The normalized spacial score (nSPS) is 30.6. The average Bonchev–Trinajstić information content (AvgIpc) is 3.02. The van der Waals surface area contributed by atoms with E-state index in [9.17, 15) is 14.7 Å². The fourth-order valence-corrected chi connectivity index (χ4v) is 3.39. The first-order chi connectivity index (χ1) is 9.65. The second kappa shape index (κ2) is 6.88. The van der Waals surface area contributed by atoms with Gasteiger partial charge >= 0.3 is 5.97 Å². The lowest BCUT2D eigenvalue weighted by molar-refractivity contribution is -0.147. The maximum atomic E-state index is 12.2. The molecule has 20 heavy (non-hydrogen) atoms. The van der Waals surface area contributed by atoms with E-state index in [1.54, 1.807) is 7.11 Å². The van der Waals surface area contributed by atoms with E-state index in [4.69, 9.17) is 4.74 Å². The summed E-state index contributed by atoms with van der Waals surface area (Å²) < 4.78 is 4.96. The molecule has 0 radical (unpaired) electrons. The Balaban J connectivity index is 1.77. The van der Waals surface area contributed by atoms with Gasteiger partial charge in [-0.1, -0.05) is 12.2 Å². The van der Waals surface area contributed by atoms with Crippen molar-refractivity contribution >= 4 is 11.9 Å². The number of methoxy groups -OCH3 is 1. The molecular weight excluding hydrogens is 258 g/mol. The Kier molecular flexibility index (Phi) is 5.17. The first kappa shape index (κ1) is 15.0. The minimum absolute atomic E-state index is 0.0370. The van der Waals surface area contributed by atoms with Crippen molar-refractivity contribution in [1.29, 1.82) is 0 Å². The van der Waals surface area contributed by atoms with E-state index in [-0.39, 0.29) is 23.7 Å². The number of ether oxygens (including phenoxy) is 1. The summed E-state index contributed by atoms with van der Waals surface area (Å²) in [5.41, 5.74) is 0. The highest BCUT2D eigenvalue weighted by Gasteiger charge is 2.51. The van der Waals surface area contributed by atoms with Crippen LogP contribution >= 0.6 is 0 Å². The van der Waals surface area contributed by atoms with Crippen LogP contribution in [0.2, 0.25) is 0 Å². The highest BCUT2D eigenvalue weighted by atomic mass is 16.5. The number of carboxylic acid groups (broad SMARTS) is 1. The van der Waals surface area contributed by atoms with Gasteiger partial charge in [-0.3, -0.25) is 9.59 Å². The summed E-state index contributed by atoms with van der Waals surface area (Å²) in [5.74, 6) is -1.73. The molecule has 4 atom stereocenters. The quantitative estimate of drug-likeness (QED) is 0.521. The second-order valence-electron chi connectivity index (χ2n) is 5.68. The van der Waals surface area contributed by atoms with Crippen LogP contribution in [0.25, 0.3) is 0 Å². The molecule has 0 aromatic heterocycles. The third-order valence-corrected chi connectivity index (χ3v) is 4.37. The maximum absolute atomic E-state index is 12.2. The highest BCUT2D eigenvalue weighted by Crippen LogP contribution is 2.48. The average molecular weight is 281 g/mol. The summed E-state index contributed by atoms with van der Waals surface area (Å²) in [6, 6.07) is 0. The lowest BCUT2D eigenvalue weighted by Gasteiger charge is -2.23. The number of carbonyl (C=O) groups excluding carboxylic acids is 1. The molecule has 0 aromatic rings. The van der Waals surface area contributed by atoms with Gasteiger partial charge in [0.1, 0.15) is 0 Å². The molecule has 4 unspecified atom stereocenters. The van der Waals surface area contributed by atoms with Crippen LogP contribution in [0.15, 0.2) is 12.2 Å². The van der Waals surface area contributed by atoms with Crippen molar-refractivity contribution in [3.63, 3.8) is 0 Å². The molecule has 2 aliphatic carbocycles. The number of fused-ring (bicyclic) bond motifs is 2. The molecule has 1 saturated carbocycles. The van der Waals surface area contributed by atoms with Crippen molar-refractivity contribution in [1.82, 2.24) is 5.32 Å². The van der Waals surface area contributed by atoms with E-state index in [1.807, 2.05) is 12.2 Å². The zero-order valence-electron chi connectivity index (χ0n) is 11.9. The van der Waals surface area contributed by atoms with E-state index < -0.39 is 11.9 Å². The van der Waals surface area contributed by atoms with Gasteiger partial charge in [0.2, 0.25) is 5.91 Å². The Morgan fingerprint density at radius 3 is 2.55 bits per heavy atom.